The van der Waals surface area contributed by atoms with Gasteiger partial charge in [0.15, 0.2) is 0 Å². The number of fused-ring (bicyclic) bond motifs is 1. The van der Waals surface area contributed by atoms with Crippen molar-refractivity contribution >= 4 is 16.8 Å². The Balaban J connectivity index is 1.25. The van der Waals surface area contributed by atoms with E-state index in [1.165, 1.54) is 44.7 Å². The molecule has 4 fully saturated rings. The van der Waals surface area contributed by atoms with Gasteiger partial charge in [-0.1, -0.05) is 12.1 Å². The standard InChI is InChI=1S/C23H29N3O2/c1-15(23-11-16-8-17(12-23)10-18(9-16)13-23)25-22(28)6-7-26-20-5-3-2-4-19(20)21(27)14-24-26/h2-5,14-18H,6-13H2,1H3,(H,25,28). The Morgan fingerprint density at radius 2 is 1.82 bits per heavy atom. The van der Waals surface area contributed by atoms with Crippen LogP contribution in [0.1, 0.15) is 51.9 Å². The number of hydrogen-bond acceptors (Lipinski definition) is 3. The van der Waals surface area contributed by atoms with Gasteiger partial charge >= 0.3 is 0 Å². The predicted molar refractivity (Wildman–Crippen MR) is 109 cm³/mol. The van der Waals surface area contributed by atoms with Crippen LogP contribution < -0.4 is 10.7 Å². The summed E-state index contributed by atoms with van der Waals surface area (Å²) in [5.74, 6) is 2.76. The molecule has 1 aromatic heterocycles. The molecular weight excluding hydrogens is 350 g/mol. The van der Waals surface area contributed by atoms with Gasteiger partial charge in [0.05, 0.1) is 18.3 Å². The van der Waals surface area contributed by atoms with E-state index in [0.717, 1.165) is 23.3 Å². The number of aromatic nitrogens is 2. The second kappa shape index (κ2) is 6.71. The quantitative estimate of drug-likeness (QED) is 0.865. The molecule has 2 aromatic rings. The van der Waals surface area contributed by atoms with Gasteiger partial charge in [0.1, 0.15) is 0 Å². The smallest absolute Gasteiger partial charge is 0.222 e. The normalized spacial score (nSPS) is 31.8. The van der Waals surface area contributed by atoms with Crippen molar-refractivity contribution in [3.8, 4) is 0 Å². The number of aryl methyl sites for hydroxylation is 1. The van der Waals surface area contributed by atoms with E-state index in [1.54, 1.807) is 4.68 Å². The predicted octanol–water partition coefficient (Wildman–Crippen LogP) is 3.51. The minimum absolute atomic E-state index is 0.0771. The van der Waals surface area contributed by atoms with Crippen molar-refractivity contribution in [2.24, 2.45) is 23.2 Å². The Morgan fingerprint density at radius 1 is 1.18 bits per heavy atom. The number of hydrogen-bond donors (Lipinski definition) is 1. The third-order valence-electron chi connectivity index (χ3n) is 7.69. The van der Waals surface area contributed by atoms with Crippen LogP contribution in [-0.2, 0) is 11.3 Å². The molecule has 6 rings (SSSR count). The molecule has 148 valence electrons. The fourth-order valence-corrected chi connectivity index (χ4v) is 6.72. The molecule has 1 amide bonds. The molecule has 1 N–H and O–H groups in total. The first kappa shape index (κ1) is 17.9. The summed E-state index contributed by atoms with van der Waals surface area (Å²) in [6.45, 7) is 2.71. The van der Waals surface area contributed by atoms with Gasteiger partial charge in [-0.2, -0.15) is 5.10 Å². The molecule has 5 heteroatoms. The second-order valence-corrected chi connectivity index (χ2v) is 9.57. The number of carbonyl (C=O) groups excluding carboxylic acids is 1. The molecular formula is C23H29N3O2. The van der Waals surface area contributed by atoms with Crippen LogP contribution in [0.25, 0.3) is 10.9 Å². The highest BCUT2D eigenvalue weighted by atomic mass is 16.1. The molecule has 5 nitrogen and oxygen atoms in total. The molecule has 1 heterocycles. The zero-order chi connectivity index (χ0) is 19.3. The van der Waals surface area contributed by atoms with E-state index in [-0.39, 0.29) is 17.4 Å². The number of nitrogens with one attached hydrogen (secondary N) is 1. The van der Waals surface area contributed by atoms with Crippen molar-refractivity contribution in [1.82, 2.24) is 15.1 Å². The molecule has 4 bridgehead atoms. The lowest BCUT2D eigenvalue weighted by Gasteiger charge is -2.59. The number of benzene rings is 1. The molecule has 4 aliphatic rings. The maximum atomic E-state index is 12.7. The van der Waals surface area contributed by atoms with Crippen LogP contribution in [0.4, 0.5) is 0 Å². The number of rotatable bonds is 5. The number of nitrogens with zero attached hydrogens (tertiary/aromatic N) is 2. The molecule has 1 atom stereocenters. The summed E-state index contributed by atoms with van der Waals surface area (Å²) in [6, 6.07) is 7.69. The summed E-state index contributed by atoms with van der Waals surface area (Å²) in [4.78, 5) is 24.7. The monoisotopic (exact) mass is 379 g/mol. The summed E-state index contributed by atoms with van der Waals surface area (Å²) in [6.07, 6.45) is 9.89. The third-order valence-corrected chi connectivity index (χ3v) is 7.69. The van der Waals surface area contributed by atoms with Crippen LogP contribution in [0.5, 0.6) is 0 Å². The highest BCUT2D eigenvalue weighted by molar-refractivity contribution is 5.79. The van der Waals surface area contributed by atoms with Crippen LogP contribution in [-0.4, -0.2) is 21.7 Å². The lowest BCUT2D eigenvalue weighted by molar-refractivity contribution is -0.126. The van der Waals surface area contributed by atoms with Gasteiger partial charge in [-0.05, 0) is 80.8 Å². The second-order valence-electron chi connectivity index (χ2n) is 9.57. The Labute approximate surface area is 165 Å². The molecule has 1 unspecified atom stereocenters. The summed E-state index contributed by atoms with van der Waals surface area (Å²) in [7, 11) is 0. The first-order valence-electron chi connectivity index (χ1n) is 10.8. The van der Waals surface area contributed by atoms with Gasteiger partial charge in [-0.3, -0.25) is 14.3 Å². The fourth-order valence-electron chi connectivity index (χ4n) is 6.72. The molecule has 0 aliphatic heterocycles. The highest BCUT2D eigenvalue weighted by Crippen LogP contribution is 2.61. The summed E-state index contributed by atoms with van der Waals surface area (Å²) in [5.41, 5.74) is 1.04. The van der Waals surface area contributed by atoms with Gasteiger partial charge < -0.3 is 5.32 Å². The van der Waals surface area contributed by atoms with E-state index >= 15 is 0 Å². The lowest BCUT2D eigenvalue weighted by Crippen LogP contribution is -2.55. The summed E-state index contributed by atoms with van der Waals surface area (Å²) in [5, 5.41) is 8.21. The largest absolute Gasteiger partial charge is 0.353 e. The third kappa shape index (κ3) is 3.05. The van der Waals surface area contributed by atoms with E-state index in [0.29, 0.717) is 23.8 Å². The van der Waals surface area contributed by atoms with Crippen LogP contribution in [0.2, 0.25) is 0 Å². The number of para-hydroxylation sites is 1. The Kier molecular flexibility index (Phi) is 4.29. The number of carbonyl (C=O) groups is 1. The molecule has 1 aromatic carbocycles. The Morgan fingerprint density at radius 3 is 2.50 bits per heavy atom. The van der Waals surface area contributed by atoms with Gasteiger partial charge in [0, 0.05) is 17.8 Å². The van der Waals surface area contributed by atoms with Gasteiger partial charge in [0.25, 0.3) is 0 Å². The SMILES string of the molecule is CC(NC(=O)CCn1ncc(=O)c2ccccc21)C12CC3CC(CC(C3)C1)C2. The van der Waals surface area contributed by atoms with Crippen LogP contribution in [0, 0.1) is 23.2 Å². The maximum absolute atomic E-state index is 12.7. The Hall–Kier alpha value is -2.17. The van der Waals surface area contributed by atoms with Crippen molar-refractivity contribution in [1.29, 1.82) is 0 Å². The number of amides is 1. The van der Waals surface area contributed by atoms with E-state index in [4.69, 9.17) is 0 Å². The molecule has 4 aliphatic carbocycles. The average molecular weight is 380 g/mol. The van der Waals surface area contributed by atoms with Gasteiger partial charge in [-0.15, -0.1) is 0 Å². The molecule has 0 radical (unpaired) electrons. The average Bonchev–Trinajstić information content (AvgIpc) is 2.67. The van der Waals surface area contributed by atoms with Crippen molar-refractivity contribution < 1.29 is 4.79 Å². The van der Waals surface area contributed by atoms with Crippen LogP contribution >= 0.6 is 0 Å². The highest BCUT2D eigenvalue weighted by Gasteiger charge is 2.53. The molecule has 4 saturated carbocycles. The van der Waals surface area contributed by atoms with Crippen LogP contribution in [0.3, 0.4) is 0 Å². The van der Waals surface area contributed by atoms with E-state index in [1.807, 2.05) is 24.3 Å². The minimum Gasteiger partial charge on any atom is -0.353 e. The fraction of sp³-hybridized carbons (Fsp3) is 0.609. The maximum Gasteiger partial charge on any atom is 0.222 e. The van der Waals surface area contributed by atoms with Crippen molar-refractivity contribution in [3.63, 3.8) is 0 Å². The van der Waals surface area contributed by atoms with Crippen molar-refractivity contribution in [3.05, 3.63) is 40.7 Å². The van der Waals surface area contributed by atoms with Gasteiger partial charge in [-0.25, -0.2) is 0 Å². The minimum atomic E-state index is -0.0771. The van der Waals surface area contributed by atoms with Gasteiger partial charge in [0.2, 0.25) is 11.3 Å². The summed E-state index contributed by atoms with van der Waals surface area (Å²) >= 11 is 0. The van der Waals surface area contributed by atoms with E-state index in [2.05, 4.69) is 17.3 Å². The zero-order valence-corrected chi connectivity index (χ0v) is 16.6. The van der Waals surface area contributed by atoms with E-state index < -0.39 is 0 Å². The van der Waals surface area contributed by atoms with Crippen molar-refractivity contribution in [2.45, 2.75) is 64.5 Å². The molecule has 0 spiro atoms. The topological polar surface area (TPSA) is 64.0 Å². The van der Waals surface area contributed by atoms with E-state index in [9.17, 15) is 9.59 Å². The first-order chi connectivity index (χ1) is 13.5. The van der Waals surface area contributed by atoms with Crippen LogP contribution in [0.15, 0.2) is 35.3 Å². The molecule has 0 saturated heterocycles. The first-order valence-corrected chi connectivity index (χ1v) is 10.8. The summed E-state index contributed by atoms with van der Waals surface area (Å²) < 4.78 is 1.77. The zero-order valence-electron chi connectivity index (χ0n) is 16.6. The van der Waals surface area contributed by atoms with Crippen molar-refractivity contribution in [2.75, 3.05) is 0 Å². The Bertz CT molecular complexity index is 928. The molecule has 28 heavy (non-hydrogen) atoms. The lowest BCUT2D eigenvalue weighted by atomic mass is 9.48.